The minimum atomic E-state index is 0.894. The predicted octanol–water partition coefficient (Wildman–Crippen LogP) is 6.71. The third-order valence-corrected chi connectivity index (χ3v) is 4.34. The third kappa shape index (κ3) is 20.0. The molecule has 128 valence electrons. The fraction of sp³-hybridized carbons (Fsp3) is 1.00. The van der Waals surface area contributed by atoms with Crippen LogP contribution in [0.2, 0.25) is 0 Å². The summed E-state index contributed by atoms with van der Waals surface area (Å²) in [4.78, 5) is 0. The summed E-state index contributed by atoms with van der Waals surface area (Å²) in [6.45, 7) is 9.41. The Morgan fingerprint density at radius 2 is 1.00 bits per heavy atom. The van der Waals surface area contributed by atoms with Crippen molar-refractivity contribution >= 4 is 0 Å². The standard InChI is InChI=1S/C20H43N/c1-4-5-6-15-18-21-19-16-13-11-9-7-8-10-12-14-17-20(2)3/h20-21H,4-19H2,1-3H3. The van der Waals surface area contributed by atoms with Crippen molar-refractivity contribution in [1.82, 2.24) is 5.32 Å². The molecule has 0 saturated heterocycles. The van der Waals surface area contributed by atoms with Crippen LogP contribution < -0.4 is 5.32 Å². The third-order valence-electron chi connectivity index (χ3n) is 4.34. The lowest BCUT2D eigenvalue weighted by Crippen LogP contribution is -2.16. The van der Waals surface area contributed by atoms with Gasteiger partial charge in [0.1, 0.15) is 0 Å². The van der Waals surface area contributed by atoms with Gasteiger partial charge in [-0.05, 0) is 31.8 Å². The lowest BCUT2D eigenvalue weighted by Gasteiger charge is -2.05. The number of hydrogen-bond donors (Lipinski definition) is 1. The molecular weight excluding hydrogens is 254 g/mol. The zero-order chi connectivity index (χ0) is 15.6. The van der Waals surface area contributed by atoms with E-state index in [0.717, 1.165) is 5.92 Å². The molecule has 0 fully saturated rings. The van der Waals surface area contributed by atoms with Crippen molar-refractivity contribution in [3.05, 3.63) is 0 Å². The van der Waals surface area contributed by atoms with E-state index < -0.39 is 0 Å². The van der Waals surface area contributed by atoms with Crippen molar-refractivity contribution in [3.63, 3.8) is 0 Å². The van der Waals surface area contributed by atoms with Gasteiger partial charge in [-0.25, -0.2) is 0 Å². The largest absolute Gasteiger partial charge is 0.317 e. The van der Waals surface area contributed by atoms with Crippen molar-refractivity contribution in [2.45, 2.75) is 111 Å². The van der Waals surface area contributed by atoms with E-state index in [-0.39, 0.29) is 0 Å². The molecule has 0 unspecified atom stereocenters. The molecule has 0 radical (unpaired) electrons. The Bertz CT molecular complexity index is 177. The lowest BCUT2D eigenvalue weighted by molar-refractivity contribution is 0.503. The zero-order valence-electron chi connectivity index (χ0n) is 15.4. The summed E-state index contributed by atoms with van der Waals surface area (Å²) in [6.07, 6.45) is 19.9. The number of hydrogen-bond acceptors (Lipinski definition) is 1. The highest BCUT2D eigenvalue weighted by molar-refractivity contribution is 4.52. The first-order chi connectivity index (χ1) is 10.3. The van der Waals surface area contributed by atoms with Crippen LogP contribution in [0.4, 0.5) is 0 Å². The summed E-state index contributed by atoms with van der Waals surface area (Å²) in [6, 6.07) is 0. The minimum Gasteiger partial charge on any atom is -0.317 e. The molecule has 21 heavy (non-hydrogen) atoms. The fourth-order valence-corrected chi connectivity index (χ4v) is 2.84. The SMILES string of the molecule is CCCCCCNCCCCCCCCCCCC(C)C. The van der Waals surface area contributed by atoms with Gasteiger partial charge in [0.05, 0.1) is 0 Å². The average Bonchev–Trinajstić information content (AvgIpc) is 2.46. The van der Waals surface area contributed by atoms with Crippen LogP contribution in [0.5, 0.6) is 0 Å². The highest BCUT2D eigenvalue weighted by Crippen LogP contribution is 2.12. The zero-order valence-corrected chi connectivity index (χ0v) is 15.4. The molecule has 0 rings (SSSR count). The summed E-state index contributed by atoms with van der Waals surface area (Å²) >= 11 is 0. The van der Waals surface area contributed by atoms with Crippen LogP contribution >= 0.6 is 0 Å². The van der Waals surface area contributed by atoms with E-state index in [1.54, 1.807) is 0 Å². The van der Waals surface area contributed by atoms with Crippen LogP contribution in [-0.2, 0) is 0 Å². The average molecular weight is 298 g/mol. The number of rotatable bonds is 17. The molecule has 0 spiro atoms. The normalized spacial score (nSPS) is 11.4. The first-order valence-corrected chi connectivity index (χ1v) is 9.98. The van der Waals surface area contributed by atoms with Crippen LogP contribution in [-0.4, -0.2) is 13.1 Å². The van der Waals surface area contributed by atoms with Crippen LogP contribution in [0.3, 0.4) is 0 Å². The van der Waals surface area contributed by atoms with Crippen LogP contribution in [0.15, 0.2) is 0 Å². The topological polar surface area (TPSA) is 12.0 Å². The Balaban J connectivity index is 2.93. The lowest BCUT2D eigenvalue weighted by atomic mass is 10.0. The minimum absolute atomic E-state index is 0.894. The second kappa shape index (κ2) is 18.0. The Morgan fingerprint density at radius 3 is 1.48 bits per heavy atom. The van der Waals surface area contributed by atoms with Crippen molar-refractivity contribution < 1.29 is 0 Å². The smallest absolute Gasteiger partial charge is 0.00489 e. The van der Waals surface area contributed by atoms with Crippen LogP contribution in [0.1, 0.15) is 111 Å². The van der Waals surface area contributed by atoms with Gasteiger partial charge in [-0.15, -0.1) is 0 Å². The summed E-state index contributed by atoms with van der Waals surface area (Å²) < 4.78 is 0. The Morgan fingerprint density at radius 1 is 0.571 bits per heavy atom. The van der Waals surface area contributed by atoms with Crippen LogP contribution in [0, 0.1) is 5.92 Å². The summed E-state index contributed by atoms with van der Waals surface area (Å²) in [5.41, 5.74) is 0. The van der Waals surface area contributed by atoms with Gasteiger partial charge in [0, 0.05) is 0 Å². The second-order valence-electron chi connectivity index (χ2n) is 7.18. The van der Waals surface area contributed by atoms with E-state index in [2.05, 4.69) is 26.1 Å². The molecule has 0 aromatic carbocycles. The number of unbranched alkanes of at least 4 members (excludes halogenated alkanes) is 11. The first-order valence-electron chi connectivity index (χ1n) is 9.98. The van der Waals surface area contributed by atoms with E-state index in [1.165, 1.54) is 103 Å². The second-order valence-corrected chi connectivity index (χ2v) is 7.18. The molecule has 0 amide bonds. The van der Waals surface area contributed by atoms with Gasteiger partial charge < -0.3 is 5.32 Å². The quantitative estimate of drug-likeness (QED) is 0.294. The van der Waals surface area contributed by atoms with Gasteiger partial charge in [-0.3, -0.25) is 0 Å². The van der Waals surface area contributed by atoms with E-state index in [1.807, 2.05) is 0 Å². The molecule has 1 nitrogen and oxygen atoms in total. The highest BCUT2D eigenvalue weighted by atomic mass is 14.8. The molecule has 0 heterocycles. The number of nitrogens with one attached hydrogen (secondary N) is 1. The van der Waals surface area contributed by atoms with E-state index in [4.69, 9.17) is 0 Å². The van der Waals surface area contributed by atoms with Crippen molar-refractivity contribution in [1.29, 1.82) is 0 Å². The van der Waals surface area contributed by atoms with E-state index in [0.29, 0.717) is 0 Å². The molecule has 0 aliphatic carbocycles. The molecule has 0 saturated carbocycles. The van der Waals surface area contributed by atoms with Crippen molar-refractivity contribution in [2.24, 2.45) is 5.92 Å². The molecule has 1 heteroatoms. The van der Waals surface area contributed by atoms with Gasteiger partial charge in [0.15, 0.2) is 0 Å². The van der Waals surface area contributed by atoms with E-state index >= 15 is 0 Å². The maximum atomic E-state index is 3.58. The molecular formula is C20H43N. The fourth-order valence-electron chi connectivity index (χ4n) is 2.84. The van der Waals surface area contributed by atoms with Crippen LogP contribution in [0.25, 0.3) is 0 Å². The van der Waals surface area contributed by atoms with E-state index in [9.17, 15) is 0 Å². The van der Waals surface area contributed by atoms with Gasteiger partial charge in [0.25, 0.3) is 0 Å². The monoisotopic (exact) mass is 297 g/mol. The van der Waals surface area contributed by atoms with Crippen molar-refractivity contribution in [3.8, 4) is 0 Å². The maximum absolute atomic E-state index is 3.58. The summed E-state index contributed by atoms with van der Waals surface area (Å²) in [5, 5.41) is 3.58. The summed E-state index contributed by atoms with van der Waals surface area (Å²) in [5.74, 6) is 0.894. The molecule has 0 aromatic heterocycles. The highest BCUT2D eigenvalue weighted by Gasteiger charge is 1.95. The predicted molar refractivity (Wildman–Crippen MR) is 98.0 cm³/mol. The Labute approximate surface area is 135 Å². The van der Waals surface area contributed by atoms with Gasteiger partial charge in [-0.2, -0.15) is 0 Å². The molecule has 1 N–H and O–H groups in total. The molecule has 0 atom stereocenters. The molecule has 0 aliphatic heterocycles. The van der Waals surface area contributed by atoms with Gasteiger partial charge >= 0.3 is 0 Å². The van der Waals surface area contributed by atoms with Crippen molar-refractivity contribution in [2.75, 3.05) is 13.1 Å². The maximum Gasteiger partial charge on any atom is -0.00489 e. The molecule has 0 bridgehead atoms. The summed E-state index contributed by atoms with van der Waals surface area (Å²) in [7, 11) is 0. The molecule has 0 aliphatic rings. The van der Waals surface area contributed by atoms with Gasteiger partial charge in [0.2, 0.25) is 0 Å². The first kappa shape index (κ1) is 21.0. The van der Waals surface area contributed by atoms with Gasteiger partial charge in [-0.1, -0.05) is 97.8 Å². The Hall–Kier alpha value is -0.0400. The molecule has 0 aromatic rings. The Kier molecular flexibility index (Phi) is 18.0.